The van der Waals surface area contributed by atoms with Gasteiger partial charge in [-0.1, -0.05) is 26.2 Å². The molecule has 0 heterocycles. The minimum Gasteiger partial charge on any atom is -0.312 e. The van der Waals surface area contributed by atoms with Gasteiger partial charge in [-0.2, -0.15) is 0 Å². The van der Waals surface area contributed by atoms with Crippen LogP contribution in [0.25, 0.3) is 0 Å². The van der Waals surface area contributed by atoms with Crippen molar-refractivity contribution in [1.82, 2.24) is 5.32 Å². The highest BCUT2D eigenvalue weighted by Gasteiger charge is 2.21. The lowest BCUT2D eigenvalue weighted by Gasteiger charge is -2.30. The van der Waals surface area contributed by atoms with Crippen molar-refractivity contribution in [3.63, 3.8) is 0 Å². The molecule has 1 aliphatic carbocycles. The zero-order chi connectivity index (χ0) is 10.6. The summed E-state index contributed by atoms with van der Waals surface area (Å²) in [5.41, 5.74) is 0.293. The van der Waals surface area contributed by atoms with E-state index in [0.29, 0.717) is 5.54 Å². The summed E-state index contributed by atoms with van der Waals surface area (Å²) < 4.78 is 0. The van der Waals surface area contributed by atoms with E-state index in [1.54, 1.807) is 0 Å². The fraction of sp³-hybridized carbons (Fsp3) is 1.00. The smallest absolute Gasteiger partial charge is 0.00966 e. The third-order valence-corrected chi connectivity index (χ3v) is 3.46. The van der Waals surface area contributed by atoms with Crippen LogP contribution >= 0.6 is 0 Å². The Labute approximate surface area is 89.7 Å². The standard InChI is InChI=1S/C13H27N/c1-5-11-6-8-12(9-7-11)10-14-13(2,3)4/h11-12,14H,5-10H2,1-4H3/t11-,12+. The second kappa shape index (κ2) is 5.16. The molecule has 0 aliphatic heterocycles. The molecule has 0 aromatic carbocycles. The van der Waals surface area contributed by atoms with Crippen molar-refractivity contribution in [2.24, 2.45) is 11.8 Å². The van der Waals surface area contributed by atoms with Crippen molar-refractivity contribution in [1.29, 1.82) is 0 Å². The third-order valence-electron chi connectivity index (χ3n) is 3.46. The Kier molecular flexibility index (Phi) is 4.43. The zero-order valence-electron chi connectivity index (χ0n) is 10.4. The van der Waals surface area contributed by atoms with Crippen LogP contribution in [0.5, 0.6) is 0 Å². The van der Waals surface area contributed by atoms with E-state index in [1.165, 1.54) is 38.6 Å². The molecule has 0 unspecified atom stereocenters. The minimum atomic E-state index is 0.293. The SMILES string of the molecule is CC[C@H]1CC[C@@H](CNC(C)(C)C)CC1. The first kappa shape index (κ1) is 12.0. The Hall–Kier alpha value is -0.0400. The summed E-state index contributed by atoms with van der Waals surface area (Å²) >= 11 is 0. The number of hydrogen-bond donors (Lipinski definition) is 1. The molecule has 0 radical (unpaired) electrons. The maximum Gasteiger partial charge on any atom is 0.00966 e. The molecule has 1 nitrogen and oxygen atoms in total. The molecule has 14 heavy (non-hydrogen) atoms. The van der Waals surface area contributed by atoms with Crippen LogP contribution in [0.2, 0.25) is 0 Å². The van der Waals surface area contributed by atoms with Crippen LogP contribution in [0, 0.1) is 11.8 Å². The molecule has 0 amide bonds. The fourth-order valence-electron chi connectivity index (χ4n) is 2.29. The summed E-state index contributed by atoms with van der Waals surface area (Å²) in [4.78, 5) is 0. The largest absolute Gasteiger partial charge is 0.312 e. The van der Waals surface area contributed by atoms with E-state index >= 15 is 0 Å². The topological polar surface area (TPSA) is 12.0 Å². The molecule has 0 aromatic heterocycles. The van der Waals surface area contributed by atoms with Crippen LogP contribution < -0.4 is 5.32 Å². The normalized spacial score (nSPS) is 29.1. The summed E-state index contributed by atoms with van der Waals surface area (Å²) in [5, 5.41) is 3.62. The van der Waals surface area contributed by atoms with Crippen LogP contribution in [0.15, 0.2) is 0 Å². The minimum absolute atomic E-state index is 0.293. The van der Waals surface area contributed by atoms with E-state index in [0.717, 1.165) is 11.8 Å². The molecule has 0 saturated heterocycles. The molecule has 1 fully saturated rings. The molecule has 1 N–H and O–H groups in total. The average molecular weight is 197 g/mol. The molecule has 1 saturated carbocycles. The molecule has 0 bridgehead atoms. The van der Waals surface area contributed by atoms with Gasteiger partial charge in [0.25, 0.3) is 0 Å². The van der Waals surface area contributed by atoms with Crippen LogP contribution in [0.3, 0.4) is 0 Å². The van der Waals surface area contributed by atoms with Gasteiger partial charge in [-0.3, -0.25) is 0 Å². The molecule has 84 valence electrons. The lowest BCUT2D eigenvalue weighted by molar-refractivity contribution is 0.247. The predicted molar refractivity (Wildman–Crippen MR) is 63.5 cm³/mol. The highest BCUT2D eigenvalue weighted by atomic mass is 14.9. The Morgan fingerprint density at radius 2 is 1.50 bits per heavy atom. The van der Waals surface area contributed by atoms with Crippen molar-refractivity contribution in [2.75, 3.05) is 6.54 Å². The van der Waals surface area contributed by atoms with E-state index in [-0.39, 0.29) is 0 Å². The van der Waals surface area contributed by atoms with Gasteiger partial charge in [-0.15, -0.1) is 0 Å². The highest BCUT2D eigenvalue weighted by molar-refractivity contribution is 4.77. The predicted octanol–water partition coefficient (Wildman–Crippen LogP) is 3.59. The van der Waals surface area contributed by atoms with Gasteiger partial charge in [0.15, 0.2) is 0 Å². The van der Waals surface area contributed by atoms with Crippen molar-refractivity contribution < 1.29 is 0 Å². The van der Waals surface area contributed by atoms with Gasteiger partial charge in [0.05, 0.1) is 0 Å². The van der Waals surface area contributed by atoms with Crippen molar-refractivity contribution in [2.45, 2.75) is 65.3 Å². The van der Waals surface area contributed by atoms with Crippen LogP contribution in [0.4, 0.5) is 0 Å². The molecular weight excluding hydrogens is 170 g/mol. The summed E-state index contributed by atoms with van der Waals surface area (Å²) in [6.45, 7) is 10.3. The van der Waals surface area contributed by atoms with E-state index in [2.05, 4.69) is 33.0 Å². The maximum absolute atomic E-state index is 3.62. The molecule has 1 heteroatoms. The second-order valence-electron chi connectivity index (χ2n) is 5.93. The lowest BCUT2D eigenvalue weighted by Crippen LogP contribution is -2.39. The molecule has 1 rings (SSSR count). The molecule has 1 aliphatic rings. The summed E-state index contributed by atoms with van der Waals surface area (Å²) in [7, 11) is 0. The number of rotatable bonds is 3. The van der Waals surface area contributed by atoms with Crippen LogP contribution in [-0.4, -0.2) is 12.1 Å². The quantitative estimate of drug-likeness (QED) is 0.729. The molecule has 0 aromatic rings. The van der Waals surface area contributed by atoms with Crippen LogP contribution in [-0.2, 0) is 0 Å². The van der Waals surface area contributed by atoms with Gasteiger partial charge >= 0.3 is 0 Å². The van der Waals surface area contributed by atoms with Crippen molar-refractivity contribution in [3.8, 4) is 0 Å². The van der Waals surface area contributed by atoms with Gasteiger partial charge in [0, 0.05) is 5.54 Å². The molecular formula is C13H27N. The van der Waals surface area contributed by atoms with Gasteiger partial charge in [-0.25, -0.2) is 0 Å². The van der Waals surface area contributed by atoms with Crippen molar-refractivity contribution >= 4 is 0 Å². The lowest BCUT2D eigenvalue weighted by atomic mass is 9.80. The second-order valence-corrected chi connectivity index (χ2v) is 5.93. The van der Waals surface area contributed by atoms with E-state index in [4.69, 9.17) is 0 Å². The van der Waals surface area contributed by atoms with Gasteiger partial charge in [0.2, 0.25) is 0 Å². The summed E-state index contributed by atoms with van der Waals surface area (Å²) in [6.07, 6.45) is 7.21. The first-order valence-electron chi connectivity index (χ1n) is 6.26. The highest BCUT2D eigenvalue weighted by Crippen LogP contribution is 2.30. The summed E-state index contributed by atoms with van der Waals surface area (Å²) in [6, 6.07) is 0. The number of hydrogen-bond acceptors (Lipinski definition) is 1. The van der Waals surface area contributed by atoms with Gasteiger partial charge < -0.3 is 5.32 Å². The van der Waals surface area contributed by atoms with Crippen LogP contribution in [0.1, 0.15) is 59.8 Å². The maximum atomic E-state index is 3.62. The number of nitrogens with one attached hydrogen (secondary N) is 1. The van der Waals surface area contributed by atoms with Crippen molar-refractivity contribution in [3.05, 3.63) is 0 Å². The van der Waals surface area contributed by atoms with E-state index < -0.39 is 0 Å². The van der Waals surface area contributed by atoms with E-state index in [9.17, 15) is 0 Å². The Bertz CT molecular complexity index is 149. The van der Waals surface area contributed by atoms with E-state index in [1.807, 2.05) is 0 Å². The fourth-order valence-corrected chi connectivity index (χ4v) is 2.29. The first-order chi connectivity index (χ1) is 6.51. The summed E-state index contributed by atoms with van der Waals surface area (Å²) in [5.74, 6) is 1.97. The Balaban J connectivity index is 2.16. The zero-order valence-corrected chi connectivity index (χ0v) is 10.4. The monoisotopic (exact) mass is 197 g/mol. The Morgan fingerprint density at radius 1 is 1.00 bits per heavy atom. The molecule has 0 atom stereocenters. The third kappa shape index (κ3) is 4.45. The molecule has 0 spiro atoms. The first-order valence-corrected chi connectivity index (χ1v) is 6.26. The average Bonchev–Trinajstić information content (AvgIpc) is 2.14. The van der Waals surface area contributed by atoms with Gasteiger partial charge in [-0.05, 0) is 52.0 Å². The van der Waals surface area contributed by atoms with Gasteiger partial charge in [0.1, 0.15) is 0 Å². The Morgan fingerprint density at radius 3 is 1.93 bits per heavy atom.